The fraction of sp³-hybridized carbons (Fsp3) is 0.714. The van der Waals surface area contributed by atoms with Gasteiger partial charge in [-0.2, -0.15) is 0 Å². The van der Waals surface area contributed by atoms with Gasteiger partial charge >= 0.3 is 5.97 Å². The molecule has 0 aliphatic heterocycles. The van der Waals surface area contributed by atoms with Crippen molar-refractivity contribution in [2.75, 3.05) is 34.2 Å². The van der Waals surface area contributed by atoms with E-state index in [1.54, 1.807) is 26.0 Å². The SMILES string of the molecule is CN(CC=O)CC(=O)ON(C)C. The molecule has 0 aliphatic carbocycles. The first-order valence-corrected chi connectivity index (χ1v) is 3.56. The predicted octanol–water partition coefficient (Wildman–Crippen LogP) is -0.863. The molecule has 0 heterocycles. The number of carbonyl (C=O) groups is 2. The van der Waals surface area contributed by atoms with Gasteiger partial charge in [0.05, 0.1) is 13.1 Å². The van der Waals surface area contributed by atoms with Crippen molar-refractivity contribution >= 4 is 12.3 Å². The molecule has 0 aromatic heterocycles. The summed E-state index contributed by atoms with van der Waals surface area (Å²) in [5.74, 6) is -0.371. The first kappa shape index (κ1) is 11.1. The summed E-state index contributed by atoms with van der Waals surface area (Å²) in [7, 11) is 4.92. The highest BCUT2D eigenvalue weighted by Crippen LogP contribution is 1.85. The molecule has 5 nitrogen and oxygen atoms in total. The molecule has 0 radical (unpaired) electrons. The number of hydrogen-bond acceptors (Lipinski definition) is 5. The quantitative estimate of drug-likeness (QED) is 0.401. The van der Waals surface area contributed by atoms with E-state index < -0.39 is 0 Å². The third-order valence-corrected chi connectivity index (χ3v) is 1.07. The maximum Gasteiger partial charge on any atom is 0.338 e. The lowest BCUT2D eigenvalue weighted by atomic mass is 10.5. The average molecular weight is 174 g/mol. The first-order chi connectivity index (χ1) is 5.56. The first-order valence-electron chi connectivity index (χ1n) is 3.56. The number of aldehydes is 1. The van der Waals surface area contributed by atoms with Gasteiger partial charge in [0.1, 0.15) is 6.29 Å². The summed E-state index contributed by atoms with van der Waals surface area (Å²) < 4.78 is 0. The Labute approximate surface area is 71.8 Å². The van der Waals surface area contributed by atoms with Crippen molar-refractivity contribution in [3.63, 3.8) is 0 Å². The largest absolute Gasteiger partial charge is 0.367 e. The van der Waals surface area contributed by atoms with Crippen LogP contribution in [0.1, 0.15) is 0 Å². The summed E-state index contributed by atoms with van der Waals surface area (Å²) >= 11 is 0. The molecule has 12 heavy (non-hydrogen) atoms. The Bertz CT molecular complexity index is 159. The van der Waals surface area contributed by atoms with Crippen LogP contribution in [0.2, 0.25) is 0 Å². The smallest absolute Gasteiger partial charge is 0.338 e. The van der Waals surface area contributed by atoms with Gasteiger partial charge in [0.2, 0.25) is 0 Å². The molecule has 0 aromatic rings. The molecule has 0 rings (SSSR count). The minimum Gasteiger partial charge on any atom is -0.367 e. The molecule has 0 aromatic carbocycles. The molecule has 0 N–H and O–H groups in total. The van der Waals surface area contributed by atoms with Gasteiger partial charge in [-0.3, -0.25) is 4.90 Å². The number of hydroxylamine groups is 2. The number of hydrogen-bond donors (Lipinski definition) is 0. The van der Waals surface area contributed by atoms with E-state index in [2.05, 4.69) is 0 Å². The van der Waals surface area contributed by atoms with Crippen LogP contribution < -0.4 is 0 Å². The highest BCUT2D eigenvalue weighted by molar-refractivity contribution is 5.71. The van der Waals surface area contributed by atoms with Crippen molar-refractivity contribution < 1.29 is 14.4 Å². The van der Waals surface area contributed by atoms with Crippen LogP contribution in [0.4, 0.5) is 0 Å². The van der Waals surface area contributed by atoms with Gasteiger partial charge in [-0.1, -0.05) is 0 Å². The molecule has 0 aliphatic rings. The molecule has 0 spiro atoms. The summed E-state index contributed by atoms with van der Waals surface area (Å²) in [5.41, 5.74) is 0. The maximum atomic E-state index is 10.9. The van der Waals surface area contributed by atoms with Gasteiger partial charge in [0.15, 0.2) is 0 Å². The highest BCUT2D eigenvalue weighted by Gasteiger charge is 2.07. The maximum absolute atomic E-state index is 10.9. The van der Waals surface area contributed by atoms with Crippen LogP contribution in [0.5, 0.6) is 0 Å². The molecule has 0 saturated heterocycles. The summed E-state index contributed by atoms with van der Waals surface area (Å²) in [6.07, 6.45) is 0.739. The van der Waals surface area contributed by atoms with Crippen LogP contribution in [0.3, 0.4) is 0 Å². The van der Waals surface area contributed by atoms with Crippen LogP contribution in [0, 0.1) is 0 Å². The van der Waals surface area contributed by atoms with Crippen molar-refractivity contribution in [2.45, 2.75) is 0 Å². The van der Waals surface area contributed by atoms with Gasteiger partial charge in [0.25, 0.3) is 0 Å². The van der Waals surface area contributed by atoms with Gasteiger partial charge in [0, 0.05) is 14.1 Å². The fourth-order valence-corrected chi connectivity index (χ4v) is 0.645. The Kier molecular flexibility index (Phi) is 5.23. The molecule has 0 atom stereocenters. The van der Waals surface area contributed by atoms with Crippen molar-refractivity contribution in [1.82, 2.24) is 9.96 Å². The molecule has 0 fully saturated rings. The van der Waals surface area contributed by atoms with Gasteiger partial charge in [-0.05, 0) is 7.05 Å². The van der Waals surface area contributed by atoms with Crippen molar-refractivity contribution in [3.05, 3.63) is 0 Å². The molecule has 0 bridgehead atoms. The normalized spacial score (nSPS) is 10.4. The monoisotopic (exact) mass is 174 g/mol. The van der Waals surface area contributed by atoms with Crippen molar-refractivity contribution in [3.8, 4) is 0 Å². The summed E-state index contributed by atoms with van der Waals surface area (Å²) in [6, 6.07) is 0. The van der Waals surface area contributed by atoms with E-state index in [0.717, 1.165) is 6.29 Å². The second kappa shape index (κ2) is 5.68. The van der Waals surface area contributed by atoms with E-state index in [9.17, 15) is 9.59 Å². The zero-order valence-electron chi connectivity index (χ0n) is 7.61. The van der Waals surface area contributed by atoms with E-state index in [4.69, 9.17) is 4.84 Å². The Morgan fingerprint density at radius 3 is 2.42 bits per heavy atom. The Morgan fingerprint density at radius 1 is 1.42 bits per heavy atom. The molecular formula is C7H14N2O3. The Balaban J connectivity index is 3.61. The van der Waals surface area contributed by atoms with E-state index >= 15 is 0 Å². The number of nitrogens with zero attached hydrogens (tertiary/aromatic N) is 2. The predicted molar refractivity (Wildman–Crippen MR) is 43.3 cm³/mol. The standard InChI is InChI=1S/C7H14N2O3/c1-8(2)12-7(11)6-9(3)4-5-10/h5H,4,6H2,1-3H3. The Hall–Kier alpha value is -0.940. The number of carbonyl (C=O) groups excluding carboxylic acids is 2. The second-order valence-electron chi connectivity index (χ2n) is 2.64. The minimum atomic E-state index is -0.371. The van der Waals surface area contributed by atoms with E-state index in [1.165, 1.54) is 5.06 Å². The van der Waals surface area contributed by atoms with E-state index in [1.807, 2.05) is 0 Å². The topological polar surface area (TPSA) is 49.9 Å². The zero-order chi connectivity index (χ0) is 9.56. The summed E-state index contributed by atoms with van der Waals surface area (Å²) in [6.45, 7) is 0.361. The Morgan fingerprint density at radius 2 is 2.00 bits per heavy atom. The zero-order valence-corrected chi connectivity index (χ0v) is 7.61. The van der Waals surface area contributed by atoms with Crippen molar-refractivity contribution in [2.24, 2.45) is 0 Å². The van der Waals surface area contributed by atoms with Gasteiger partial charge in [-0.25, -0.2) is 4.79 Å². The molecular weight excluding hydrogens is 160 g/mol. The third-order valence-electron chi connectivity index (χ3n) is 1.07. The van der Waals surface area contributed by atoms with Crippen LogP contribution in [0.25, 0.3) is 0 Å². The van der Waals surface area contributed by atoms with E-state index in [-0.39, 0.29) is 19.1 Å². The van der Waals surface area contributed by atoms with Crippen LogP contribution in [0.15, 0.2) is 0 Å². The van der Waals surface area contributed by atoms with Gasteiger partial charge in [-0.15, -0.1) is 5.06 Å². The third kappa shape index (κ3) is 5.82. The van der Waals surface area contributed by atoms with Crippen LogP contribution in [-0.2, 0) is 14.4 Å². The lowest BCUT2D eigenvalue weighted by Crippen LogP contribution is -2.31. The number of rotatable bonds is 5. The molecule has 0 unspecified atom stereocenters. The lowest BCUT2D eigenvalue weighted by molar-refractivity contribution is -0.179. The lowest BCUT2D eigenvalue weighted by Gasteiger charge is -2.14. The highest BCUT2D eigenvalue weighted by atomic mass is 16.7. The molecule has 0 amide bonds. The fourth-order valence-electron chi connectivity index (χ4n) is 0.645. The summed E-state index contributed by atoms with van der Waals surface area (Å²) in [5, 5.41) is 1.32. The van der Waals surface area contributed by atoms with E-state index in [0.29, 0.717) is 0 Å². The van der Waals surface area contributed by atoms with Crippen molar-refractivity contribution in [1.29, 1.82) is 0 Å². The minimum absolute atomic E-state index is 0.122. The van der Waals surface area contributed by atoms with Crippen LogP contribution in [-0.4, -0.2) is 56.5 Å². The van der Waals surface area contributed by atoms with Crippen LogP contribution >= 0.6 is 0 Å². The van der Waals surface area contributed by atoms with Gasteiger partial charge < -0.3 is 9.63 Å². The average Bonchev–Trinajstić information content (AvgIpc) is 1.84. The molecule has 0 saturated carbocycles. The second-order valence-corrected chi connectivity index (χ2v) is 2.64. The number of likely N-dealkylation sites (N-methyl/N-ethyl adjacent to an activating group) is 1. The molecule has 70 valence electrons. The molecule has 5 heteroatoms. The summed E-state index contributed by atoms with van der Waals surface area (Å²) in [4.78, 5) is 27.2.